The molecule has 2 heterocycles. The summed E-state index contributed by atoms with van der Waals surface area (Å²) in [5.41, 5.74) is 0. The van der Waals surface area contributed by atoms with Crippen molar-refractivity contribution in [1.29, 1.82) is 0 Å². The van der Waals surface area contributed by atoms with Gasteiger partial charge >= 0.3 is 11.9 Å². The van der Waals surface area contributed by atoms with E-state index < -0.39 is 0 Å². The summed E-state index contributed by atoms with van der Waals surface area (Å²) in [5, 5.41) is 0. The molecule has 4 nitrogen and oxygen atoms in total. The number of rotatable bonds is 2. The van der Waals surface area contributed by atoms with Crippen molar-refractivity contribution in [2.24, 2.45) is 5.92 Å². The van der Waals surface area contributed by atoms with E-state index in [0.29, 0.717) is 25.4 Å². The van der Waals surface area contributed by atoms with Crippen molar-refractivity contribution in [3.8, 4) is 0 Å². The Hall–Kier alpha value is -1.06. The van der Waals surface area contributed by atoms with Crippen LogP contribution in [0.2, 0.25) is 0 Å². The van der Waals surface area contributed by atoms with Crippen LogP contribution in [-0.2, 0) is 19.1 Å². The number of esters is 2. The van der Waals surface area contributed by atoms with Gasteiger partial charge in [0.25, 0.3) is 0 Å². The van der Waals surface area contributed by atoms with Crippen LogP contribution >= 0.6 is 0 Å². The van der Waals surface area contributed by atoms with Crippen LogP contribution in [-0.4, -0.2) is 24.6 Å². The number of hydrogen-bond donors (Lipinski definition) is 0. The molecule has 104 valence electrons. The predicted octanol–water partition coefficient (Wildman–Crippen LogP) is 2.84. The number of ether oxygens (including phenoxy) is 2. The minimum atomic E-state index is -0.0281. The van der Waals surface area contributed by atoms with Gasteiger partial charge in [-0.2, -0.15) is 0 Å². The van der Waals surface area contributed by atoms with E-state index in [0.717, 1.165) is 32.1 Å². The van der Waals surface area contributed by atoms with Gasteiger partial charge in [0.1, 0.15) is 6.10 Å². The molecule has 4 heteroatoms. The van der Waals surface area contributed by atoms with Crippen molar-refractivity contribution in [1.82, 2.24) is 0 Å². The van der Waals surface area contributed by atoms with E-state index in [-0.39, 0.29) is 18.0 Å². The Bertz CT molecular complexity index is 265. The van der Waals surface area contributed by atoms with Gasteiger partial charge in [-0.3, -0.25) is 9.59 Å². The molecule has 0 aromatic carbocycles. The highest BCUT2D eigenvalue weighted by atomic mass is 16.5. The molecule has 0 N–H and O–H groups in total. The van der Waals surface area contributed by atoms with Crippen molar-refractivity contribution >= 4 is 11.9 Å². The number of hydrogen-bond acceptors (Lipinski definition) is 4. The van der Waals surface area contributed by atoms with E-state index in [1.54, 1.807) is 0 Å². The molecule has 0 aromatic heterocycles. The van der Waals surface area contributed by atoms with Gasteiger partial charge in [0, 0.05) is 12.8 Å². The highest BCUT2D eigenvalue weighted by molar-refractivity contribution is 5.70. The monoisotopic (exact) mass is 256 g/mol. The van der Waals surface area contributed by atoms with Crippen LogP contribution in [0.4, 0.5) is 0 Å². The van der Waals surface area contributed by atoms with Crippen molar-refractivity contribution in [2.75, 3.05) is 6.61 Å². The number of carbonyl (C=O) groups excluding carboxylic acids is 2. The van der Waals surface area contributed by atoms with Gasteiger partial charge in [0.05, 0.1) is 6.61 Å². The number of carbonyl (C=O) groups is 2. The summed E-state index contributed by atoms with van der Waals surface area (Å²) in [6, 6.07) is 0. The first-order chi connectivity index (χ1) is 8.65. The van der Waals surface area contributed by atoms with Crippen LogP contribution in [0, 0.1) is 5.92 Å². The lowest BCUT2D eigenvalue weighted by atomic mass is 10.00. The Morgan fingerprint density at radius 2 is 1.83 bits per heavy atom. The predicted molar refractivity (Wildman–Crippen MR) is 68.0 cm³/mol. The first-order valence-electron chi connectivity index (χ1n) is 7.00. The Balaban J connectivity index is 0.000000180. The van der Waals surface area contributed by atoms with E-state index in [1.807, 2.05) is 6.92 Å². The van der Waals surface area contributed by atoms with Gasteiger partial charge in [0.15, 0.2) is 0 Å². The fourth-order valence-corrected chi connectivity index (χ4v) is 2.08. The van der Waals surface area contributed by atoms with Crippen LogP contribution in [0.25, 0.3) is 0 Å². The van der Waals surface area contributed by atoms with E-state index in [4.69, 9.17) is 9.47 Å². The maximum Gasteiger partial charge on any atom is 0.306 e. The average molecular weight is 256 g/mol. The zero-order valence-electron chi connectivity index (χ0n) is 11.4. The number of cyclic esters (lactones) is 2. The lowest BCUT2D eigenvalue weighted by Gasteiger charge is -2.20. The zero-order valence-corrected chi connectivity index (χ0v) is 11.4. The molecule has 0 radical (unpaired) electrons. The van der Waals surface area contributed by atoms with E-state index in [2.05, 4.69) is 6.92 Å². The maximum atomic E-state index is 10.6. The molecule has 2 rings (SSSR count). The van der Waals surface area contributed by atoms with Gasteiger partial charge in [0.2, 0.25) is 0 Å². The average Bonchev–Trinajstić information content (AvgIpc) is 2.40. The van der Waals surface area contributed by atoms with E-state index in [1.165, 1.54) is 0 Å². The van der Waals surface area contributed by atoms with Gasteiger partial charge in [-0.1, -0.05) is 20.3 Å². The highest BCUT2D eigenvalue weighted by Gasteiger charge is 2.18. The molecule has 0 saturated carbocycles. The van der Waals surface area contributed by atoms with Crippen LogP contribution in [0.1, 0.15) is 58.8 Å². The second-order valence-electron chi connectivity index (χ2n) is 4.91. The van der Waals surface area contributed by atoms with Crippen LogP contribution < -0.4 is 0 Å². The summed E-state index contributed by atoms with van der Waals surface area (Å²) in [7, 11) is 0. The summed E-state index contributed by atoms with van der Waals surface area (Å²) in [4.78, 5) is 21.1. The standard InChI is InChI=1S/2C7H12O2/c1-2-6-3-4-7(8)9-5-6;1-2-6-4-3-5-7(8)9-6/h2*6H,2-5H2,1H3. The Morgan fingerprint density at radius 1 is 1.06 bits per heavy atom. The molecule has 0 spiro atoms. The third-order valence-electron chi connectivity index (χ3n) is 3.47. The SMILES string of the molecule is CCC1CCC(=O)OC1.CCC1CCCC(=O)O1. The maximum absolute atomic E-state index is 10.6. The van der Waals surface area contributed by atoms with Crippen LogP contribution in [0.15, 0.2) is 0 Å². The second-order valence-corrected chi connectivity index (χ2v) is 4.91. The molecule has 18 heavy (non-hydrogen) atoms. The van der Waals surface area contributed by atoms with E-state index in [9.17, 15) is 9.59 Å². The van der Waals surface area contributed by atoms with Gasteiger partial charge in [-0.25, -0.2) is 0 Å². The summed E-state index contributed by atoms with van der Waals surface area (Å²) < 4.78 is 9.84. The molecule has 0 aliphatic carbocycles. The second kappa shape index (κ2) is 8.11. The van der Waals surface area contributed by atoms with Gasteiger partial charge in [-0.15, -0.1) is 0 Å². The first kappa shape index (κ1) is 15.0. The third kappa shape index (κ3) is 5.52. The molecule has 0 aromatic rings. The molecule has 0 amide bonds. The lowest BCUT2D eigenvalue weighted by Crippen LogP contribution is -2.22. The van der Waals surface area contributed by atoms with E-state index >= 15 is 0 Å². The Labute approximate surface area is 109 Å². The quantitative estimate of drug-likeness (QED) is 0.713. The Kier molecular flexibility index (Phi) is 6.76. The molecule has 2 aliphatic rings. The first-order valence-corrected chi connectivity index (χ1v) is 7.00. The minimum absolute atomic E-state index is 0.0203. The molecular formula is C14H24O4. The Morgan fingerprint density at radius 3 is 2.28 bits per heavy atom. The summed E-state index contributed by atoms with van der Waals surface area (Å²) in [6.07, 6.45) is 6.65. The summed E-state index contributed by atoms with van der Waals surface area (Å²) in [5.74, 6) is 0.579. The van der Waals surface area contributed by atoms with Crippen LogP contribution in [0.3, 0.4) is 0 Å². The fourth-order valence-electron chi connectivity index (χ4n) is 2.08. The van der Waals surface area contributed by atoms with Gasteiger partial charge in [-0.05, 0) is 31.6 Å². The topological polar surface area (TPSA) is 52.6 Å². The van der Waals surface area contributed by atoms with Crippen molar-refractivity contribution in [3.05, 3.63) is 0 Å². The normalized spacial score (nSPS) is 27.7. The third-order valence-corrected chi connectivity index (χ3v) is 3.47. The highest BCUT2D eigenvalue weighted by Crippen LogP contribution is 2.17. The van der Waals surface area contributed by atoms with Crippen molar-refractivity contribution in [3.63, 3.8) is 0 Å². The van der Waals surface area contributed by atoms with Crippen LogP contribution in [0.5, 0.6) is 0 Å². The van der Waals surface area contributed by atoms with Crippen molar-refractivity contribution < 1.29 is 19.1 Å². The van der Waals surface area contributed by atoms with Gasteiger partial charge < -0.3 is 9.47 Å². The summed E-state index contributed by atoms with van der Waals surface area (Å²) >= 11 is 0. The molecule has 2 saturated heterocycles. The largest absolute Gasteiger partial charge is 0.465 e. The molecule has 2 aliphatic heterocycles. The molecule has 0 bridgehead atoms. The molecule has 2 unspecified atom stereocenters. The molecular weight excluding hydrogens is 232 g/mol. The lowest BCUT2D eigenvalue weighted by molar-refractivity contribution is -0.153. The smallest absolute Gasteiger partial charge is 0.306 e. The molecule has 2 fully saturated rings. The summed E-state index contributed by atoms with van der Waals surface area (Å²) in [6.45, 7) is 4.82. The van der Waals surface area contributed by atoms with Crippen molar-refractivity contribution in [2.45, 2.75) is 64.9 Å². The molecule has 2 atom stereocenters. The zero-order chi connectivity index (χ0) is 13.4. The fraction of sp³-hybridized carbons (Fsp3) is 0.857. The minimum Gasteiger partial charge on any atom is -0.465 e.